The molecule has 0 saturated heterocycles. The average molecular weight is 255 g/mol. The van der Waals surface area contributed by atoms with Gasteiger partial charge >= 0.3 is 0 Å². The van der Waals surface area contributed by atoms with Crippen molar-refractivity contribution >= 4 is 0 Å². The number of nitrogens with one attached hydrogen (secondary N) is 1. The fraction of sp³-hybridized carbons (Fsp3) is 0.294. The number of hydrogen-bond donors (Lipinski definition) is 2. The summed E-state index contributed by atoms with van der Waals surface area (Å²) in [5, 5.41) is 13.7. The zero-order chi connectivity index (χ0) is 13.9. The fourth-order valence-electron chi connectivity index (χ4n) is 2.74. The minimum atomic E-state index is -0.576. The Morgan fingerprint density at radius 3 is 2.16 bits per heavy atom. The zero-order valence-corrected chi connectivity index (χ0v) is 11.7. The lowest BCUT2D eigenvalue weighted by Gasteiger charge is -2.37. The first-order valence-corrected chi connectivity index (χ1v) is 6.61. The van der Waals surface area contributed by atoms with Gasteiger partial charge in [-0.3, -0.25) is 0 Å². The molecule has 2 rings (SSSR count). The highest BCUT2D eigenvalue weighted by molar-refractivity contribution is 5.41. The second kappa shape index (κ2) is 5.55. The molecule has 0 saturated carbocycles. The summed E-state index contributed by atoms with van der Waals surface area (Å²) < 4.78 is 0. The Balaban J connectivity index is 2.65. The molecule has 2 heteroatoms. The van der Waals surface area contributed by atoms with Crippen LogP contribution in [0.2, 0.25) is 0 Å². The Kier molecular flexibility index (Phi) is 4.03. The summed E-state index contributed by atoms with van der Waals surface area (Å²) in [6.07, 6.45) is -0.540. The largest absolute Gasteiger partial charge is 0.391 e. The van der Waals surface area contributed by atoms with Crippen molar-refractivity contribution < 1.29 is 5.11 Å². The molecule has 0 spiro atoms. The standard InChI is InChI=1S/C17H21NO/c1-13-8-7-11-16(12-13)17(18-3,14(2)19)15-9-5-4-6-10-15/h4-12,14,18-19H,1-3H3. The second-order valence-electron chi connectivity index (χ2n) is 4.97. The van der Waals surface area contributed by atoms with Crippen molar-refractivity contribution in [3.63, 3.8) is 0 Å². The lowest BCUT2D eigenvalue weighted by atomic mass is 9.78. The first kappa shape index (κ1) is 13.8. The zero-order valence-electron chi connectivity index (χ0n) is 11.7. The summed E-state index contributed by atoms with van der Waals surface area (Å²) in [5.41, 5.74) is 2.76. The summed E-state index contributed by atoms with van der Waals surface area (Å²) in [4.78, 5) is 0. The number of aliphatic hydroxyl groups is 1. The second-order valence-corrected chi connectivity index (χ2v) is 4.97. The van der Waals surface area contributed by atoms with E-state index in [0.717, 1.165) is 11.1 Å². The van der Waals surface area contributed by atoms with Crippen molar-refractivity contribution in [2.45, 2.75) is 25.5 Å². The van der Waals surface area contributed by atoms with Crippen molar-refractivity contribution in [3.05, 3.63) is 71.3 Å². The molecule has 0 amide bonds. The molecule has 2 atom stereocenters. The molecule has 0 aliphatic rings. The van der Waals surface area contributed by atoms with Crippen LogP contribution in [0.15, 0.2) is 54.6 Å². The third-order valence-electron chi connectivity index (χ3n) is 3.72. The van der Waals surface area contributed by atoms with E-state index in [1.54, 1.807) is 0 Å². The van der Waals surface area contributed by atoms with Gasteiger partial charge < -0.3 is 10.4 Å². The van der Waals surface area contributed by atoms with Gasteiger partial charge in [0, 0.05) is 0 Å². The van der Waals surface area contributed by atoms with E-state index in [4.69, 9.17) is 0 Å². The summed E-state index contributed by atoms with van der Waals surface area (Å²) >= 11 is 0. The molecule has 2 aromatic rings. The molecular formula is C17H21NO. The maximum Gasteiger partial charge on any atom is 0.0948 e. The van der Waals surface area contributed by atoms with Gasteiger partial charge in [0.1, 0.15) is 0 Å². The first-order chi connectivity index (χ1) is 9.11. The molecule has 0 heterocycles. The molecule has 2 nitrogen and oxygen atoms in total. The van der Waals surface area contributed by atoms with Gasteiger partial charge in [-0.2, -0.15) is 0 Å². The molecule has 2 unspecified atom stereocenters. The van der Waals surface area contributed by atoms with E-state index in [9.17, 15) is 5.11 Å². The van der Waals surface area contributed by atoms with Crippen molar-refractivity contribution in [2.24, 2.45) is 0 Å². The molecule has 0 aliphatic heterocycles. The Hall–Kier alpha value is -1.64. The molecule has 0 aromatic heterocycles. The van der Waals surface area contributed by atoms with Crippen molar-refractivity contribution in [1.82, 2.24) is 5.32 Å². The quantitative estimate of drug-likeness (QED) is 0.880. The molecule has 2 aromatic carbocycles. The predicted molar refractivity (Wildman–Crippen MR) is 79.1 cm³/mol. The van der Waals surface area contributed by atoms with Gasteiger partial charge in [0.15, 0.2) is 0 Å². The maximum absolute atomic E-state index is 10.4. The van der Waals surface area contributed by atoms with Gasteiger partial charge in [-0.25, -0.2) is 0 Å². The molecule has 0 fully saturated rings. The monoisotopic (exact) mass is 255 g/mol. The topological polar surface area (TPSA) is 32.3 Å². The average Bonchev–Trinajstić information content (AvgIpc) is 2.41. The molecule has 0 bridgehead atoms. The van der Waals surface area contributed by atoms with Crippen LogP contribution in [0.3, 0.4) is 0 Å². The van der Waals surface area contributed by atoms with E-state index in [2.05, 4.69) is 30.4 Å². The highest BCUT2D eigenvalue weighted by atomic mass is 16.3. The number of benzene rings is 2. The van der Waals surface area contributed by atoms with Crippen LogP contribution < -0.4 is 5.32 Å². The lowest BCUT2D eigenvalue weighted by molar-refractivity contribution is 0.103. The van der Waals surface area contributed by atoms with Crippen LogP contribution in [0, 0.1) is 6.92 Å². The third-order valence-corrected chi connectivity index (χ3v) is 3.72. The normalized spacial score (nSPS) is 15.8. The minimum Gasteiger partial charge on any atom is -0.391 e. The molecule has 0 radical (unpaired) electrons. The fourth-order valence-corrected chi connectivity index (χ4v) is 2.74. The number of rotatable bonds is 4. The Labute approximate surface area is 115 Å². The minimum absolute atomic E-state index is 0.540. The Morgan fingerprint density at radius 1 is 1.00 bits per heavy atom. The van der Waals surface area contributed by atoms with Gasteiger partial charge in [-0.05, 0) is 32.0 Å². The van der Waals surface area contributed by atoms with Gasteiger partial charge in [0.2, 0.25) is 0 Å². The first-order valence-electron chi connectivity index (χ1n) is 6.61. The van der Waals surface area contributed by atoms with E-state index >= 15 is 0 Å². The van der Waals surface area contributed by atoms with Crippen LogP contribution in [0.1, 0.15) is 23.6 Å². The summed E-state index contributed by atoms with van der Waals surface area (Å²) in [6, 6.07) is 18.4. The van der Waals surface area contributed by atoms with E-state index < -0.39 is 11.6 Å². The molecule has 100 valence electrons. The van der Waals surface area contributed by atoms with E-state index in [1.807, 2.05) is 50.4 Å². The van der Waals surface area contributed by atoms with E-state index in [-0.39, 0.29) is 0 Å². The van der Waals surface area contributed by atoms with E-state index in [0.29, 0.717) is 0 Å². The number of aliphatic hydroxyl groups excluding tert-OH is 1. The number of aryl methyl sites for hydroxylation is 1. The number of likely N-dealkylation sites (N-methyl/N-ethyl adjacent to an activating group) is 1. The van der Waals surface area contributed by atoms with Gasteiger partial charge in [0.25, 0.3) is 0 Å². The number of hydrogen-bond acceptors (Lipinski definition) is 2. The third kappa shape index (κ3) is 2.42. The smallest absolute Gasteiger partial charge is 0.0948 e. The van der Waals surface area contributed by atoms with Crippen molar-refractivity contribution in [3.8, 4) is 0 Å². The summed E-state index contributed by atoms with van der Waals surface area (Å²) in [5.74, 6) is 0. The van der Waals surface area contributed by atoms with Crippen molar-refractivity contribution in [2.75, 3.05) is 7.05 Å². The Morgan fingerprint density at radius 2 is 1.63 bits per heavy atom. The highest BCUT2D eigenvalue weighted by Crippen LogP contribution is 2.33. The van der Waals surface area contributed by atoms with Gasteiger partial charge in [-0.15, -0.1) is 0 Å². The van der Waals surface area contributed by atoms with Gasteiger partial charge in [0.05, 0.1) is 11.6 Å². The summed E-state index contributed by atoms with van der Waals surface area (Å²) in [6.45, 7) is 3.89. The van der Waals surface area contributed by atoms with Crippen molar-refractivity contribution in [1.29, 1.82) is 0 Å². The van der Waals surface area contributed by atoms with Crippen LogP contribution in [0.5, 0.6) is 0 Å². The summed E-state index contributed by atoms with van der Waals surface area (Å²) in [7, 11) is 1.89. The maximum atomic E-state index is 10.4. The van der Waals surface area contributed by atoms with Crippen LogP contribution in [-0.4, -0.2) is 18.3 Å². The molecule has 19 heavy (non-hydrogen) atoms. The highest BCUT2D eigenvalue weighted by Gasteiger charge is 2.37. The van der Waals surface area contributed by atoms with Crippen LogP contribution in [0.4, 0.5) is 0 Å². The van der Waals surface area contributed by atoms with Crippen LogP contribution in [-0.2, 0) is 5.54 Å². The predicted octanol–water partition coefficient (Wildman–Crippen LogP) is 2.84. The lowest BCUT2D eigenvalue weighted by Crippen LogP contribution is -2.49. The van der Waals surface area contributed by atoms with Crippen LogP contribution >= 0.6 is 0 Å². The molecule has 2 N–H and O–H groups in total. The molecule has 0 aliphatic carbocycles. The Bertz CT molecular complexity index is 536. The molecular weight excluding hydrogens is 234 g/mol. The van der Waals surface area contributed by atoms with Crippen LogP contribution in [0.25, 0.3) is 0 Å². The SMILES string of the molecule is CNC(c1ccccc1)(c1cccc(C)c1)C(C)O. The van der Waals surface area contributed by atoms with E-state index in [1.165, 1.54) is 5.56 Å². The van der Waals surface area contributed by atoms with Gasteiger partial charge in [-0.1, -0.05) is 60.2 Å².